The molecule has 0 aliphatic carbocycles. The minimum Gasteiger partial charge on any atom is -0.312 e. The third kappa shape index (κ3) is 3.24. The highest BCUT2D eigenvalue weighted by molar-refractivity contribution is 7.15. The summed E-state index contributed by atoms with van der Waals surface area (Å²) in [5, 5.41) is 4.44. The van der Waals surface area contributed by atoms with Crippen LogP contribution in [0.5, 0.6) is 0 Å². The second kappa shape index (κ2) is 7.29. The lowest BCUT2D eigenvalue weighted by molar-refractivity contribution is 0.189. The van der Waals surface area contributed by atoms with Crippen molar-refractivity contribution in [3.63, 3.8) is 0 Å². The Morgan fingerprint density at radius 1 is 1.13 bits per heavy atom. The summed E-state index contributed by atoms with van der Waals surface area (Å²) in [5.41, 5.74) is 7.10. The van der Waals surface area contributed by atoms with Crippen molar-refractivity contribution < 1.29 is 4.79 Å². The van der Waals surface area contributed by atoms with Gasteiger partial charge in [0.25, 0.3) is 0 Å². The first kappa shape index (κ1) is 19.4. The number of carbonyl (C=O) groups excluding carboxylic acids is 1. The van der Waals surface area contributed by atoms with Gasteiger partial charge in [0.2, 0.25) is 0 Å². The molecule has 4 heterocycles. The van der Waals surface area contributed by atoms with Crippen LogP contribution in [0.1, 0.15) is 45.8 Å². The normalized spacial score (nSPS) is 18.4. The number of likely N-dealkylation sites (N-methyl/N-ethyl adjacent to an activating group) is 1. The summed E-state index contributed by atoms with van der Waals surface area (Å²) in [7, 11) is 2.18. The average Bonchev–Trinajstić information content (AvgIpc) is 3.26. The van der Waals surface area contributed by atoms with Crippen LogP contribution in [0.3, 0.4) is 0 Å². The Morgan fingerprint density at radius 2 is 1.90 bits per heavy atom. The smallest absolute Gasteiger partial charge is 0.312 e. The summed E-state index contributed by atoms with van der Waals surface area (Å²) in [4.78, 5) is 19.2. The zero-order valence-corrected chi connectivity index (χ0v) is 18.8. The van der Waals surface area contributed by atoms with Crippen LogP contribution in [-0.4, -0.2) is 34.0 Å². The van der Waals surface area contributed by atoms with E-state index in [2.05, 4.69) is 67.0 Å². The number of hydrogen-bond donors (Lipinski definition) is 1. The zero-order valence-electron chi connectivity index (χ0n) is 18.0. The van der Waals surface area contributed by atoms with Crippen LogP contribution in [0.2, 0.25) is 0 Å². The number of amides is 2. The minimum absolute atomic E-state index is 0.00702. The number of anilines is 1. The minimum atomic E-state index is -0.0408. The Balaban J connectivity index is 1.54. The number of hydrogen-bond acceptors (Lipinski definition) is 3. The van der Waals surface area contributed by atoms with Gasteiger partial charge < -0.3 is 19.7 Å². The zero-order chi connectivity index (χ0) is 21.0. The Bertz CT molecular complexity index is 1110. The Morgan fingerprint density at radius 3 is 2.67 bits per heavy atom. The van der Waals surface area contributed by atoms with Crippen molar-refractivity contribution in [1.29, 1.82) is 0 Å². The third-order valence-corrected chi connectivity index (χ3v) is 7.55. The molecule has 0 bridgehead atoms. The van der Waals surface area contributed by atoms with Crippen LogP contribution in [0.15, 0.2) is 36.5 Å². The molecule has 2 aliphatic heterocycles. The van der Waals surface area contributed by atoms with Crippen LogP contribution in [0, 0.1) is 13.8 Å². The summed E-state index contributed by atoms with van der Waals surface area (Å²) in [6.07, 6.45) is 3.19. The number of thiophene rings is 1. The maximum Gasteiger partial charge on any atom is 0.322 e. The van der Waals surface area contributed by atoms with Gasteiger partial charge >= 0.3 is 6.03 Å². The van der Waals surface area contributed by atoms with Crippen molar-refractivity contribution in [3.05, 3.63) is 69.4 Å². The molecule has 1 unspecified atom stereocenters. The highest BCUT2D eigenvalue weighted by atomic mass is 32.1. The molecular weight excluding hydrogens is 392 g/mol. The molecule has 0 saturated heterocycles. The maximum absolute atomic E-state index is 13.4. The number of aryl methyl sites for hydroxylation is 2. The van der Waals surface area contributed by atoms with Gasteiger partial charge in [0, 0.05) is 41.1 Å². The molecule has 2 aromatic heterocycles. The standard InChI is InChI=1S/C24H28N4OS/c1-15-10-16(2)12-18(11-15)25-24(29)28-13-20-19-7-9-26(4)14-22(19)30-23(20)27-8-5-6-21(27)17(28)3/h5-6,8,10-12,17H,7,9,13-14H2,1-4H3,(H,25,29). The van der Waals surface area contributed by atoms with Gasteiger partial charge in [0.15, 0.2) is 0 Å². The van der Waals surface area contributed by atoms with Crippen LogP contribution in [-0.2, 0) is 19.5 Å². The lowest BCUT2D eigenvalue weighted by Crippen LogP contribution is -2.36. The Kier molecular flexibility index (Phi) is 4.71. The van der Waals surface area contributed by atoms with E-state index in [0.717, 1.165) is 42.0 Å². The predicted octanol–water partition coefficient (Wildman–Crippen LogP) is 5.25. The first-order valence-corrected chi connectivity index (χ1v) is 11.4. The fourth-order valence-corrected chi connectivity index (χ4v) is 6.26. The Hall–Kier alpha value is -2.57. The molecular formula is C24H28N4OS. The third-order valence-electron chi connectivity index (χ3n) is 6.29. The summed E-state index contributed by atoms with van der Waals surface area (Å²) in [6.45, 7) is 8.96. The largest absolute Gasteiger partial charge is 0.322 e. The molecule has 1 aromatic carbocycles. The van der Waals surface area contributed by atoms with Crippen LogP contribution in [0.4, 0.5) is 10.5 Å². The summed E-state index contributed by atoms with van der Waals surface area (Å²) >= 11 is 1.89. The van der Waals surface area contributed by atoms with Gasteiger partial charge in [-0.05, 0) is 75.2 Å². The molecule has 0 radical (unpaired) electrons. The van der Waals surface area contributed by atoms with Crippen molar-refractivity contribution in [3.8, 4) is 5.00 Å². The molecule has 0 saturated carbocycles. The second-order valence-corrected chi connectivity index (χ2v) is 9.77. The summed E-state index contributed by atoms with van der Waals surface area (Å²) in [6, 6.07) is 10.4. The fourth-order valence-electron chi connectivity index (χ4n) is 4.82. The van der Waals surface area contributed by atoms with Crippen molar-refractivity contribution in [2.75, 3.05) is 18.9 Å². The van der Waals surface area contributed by atoms with Gasteiger partial charge in [0.1, 0.15) is 5.00 Å². The lowest BCUT2D eigenvalue weighted by Gasteiger charge is -2.29. The first-order valence-electron chi connectivity index (χ1n) is 10.6. The van der Waals surface area contributed by atoms with E-state index < -0.39 is 0 Å². The number of nitrogens with one attached hydrogen (secondary N) is 1. The van der Waals surface area contributed by atoms with E-state index >= 15 is 0 Å². The van der Waals surface area contributed by atoms with Crippen molar-refractivity contribution >= 4 is 23.1 Å². The van der Waals surface area contributed by atoms with E-state index in [4.69, 9.17) is 0 Å². The number of fused-ring (bicyclic) bond motifs is 5. The van der Waals surface area contributed by atoms with Gasteiger partial charge in [-0.25, -0.2) is 4.79 Å². The predicted molar refractivity (Wildman–Crippen MR) is 123 cm³/mol. The number of nitrogens with zero attached hydrogens (tertiary/aromatic N) is 3. The van der Waals surface area contributed by atoms with E-state index in [9.17, 15) is 4.79 Å². The molecule has 3 aromatic rings. The molecule has 2 amide bonds. The SMILES string of the molecule is Cc1cc(C)cc(NC(=O)N2Cc3c(sc4c3CCN(C)C4)-n3cccc3C2C)c1. The van der Waals surface area contributed by atoms with Crippen LogP contribution < -0.4 is 5.32 Å². The molecule has 1 N–H and O–H groups in total. The number of aromatic nitrogens is 1. The van der Waals surface area contributed by atoms with Crippen LogP contribution >= 0.6 is 11.3 Å². The number of benzene rings is 1. The van der Waals surface area contributed by atoms with Crippen molar-refractivity contribution in [1.82, 2.24) is 14.4 Å². The average molecular weight is 421 g/mol. The molecule has 2 aliphatic rings. The van der Waals surface area contributed by atoms with Gasteiger partial charge in [-0.3, -0.25) is 0 Å². The van der Waals surface area contributed by atoms with Gasteiger partial charge in [-0.15, -0.1) is 11.3 Å². The van der Waals surface area contributed by atoms with Gasteiger partial charge in [-0.2, -0.15) is 0 Å². The molecule has 156 valence electrons. The summed E-state index contributed by atoms with van der Waals surface area (Å²) in [5.74, 6) is 0. The summed E-state index contributed by atoms with van der Waals surface area (Å²) < 4.78 is 2.30. The fraction of sp³-hybridized carbons (Fsp3) is 0.375. The first-order chi connectivity index (χ1) is 14.4. The highest BCUT2D eigenvalue weighted by Gasteiger charge is 2.33. The lowest BCUT2D eigenvalue weighted by atomic mass is 10.0. The monoisotopic (exact) mass is 420 g/mol. The van der Waals surface area contributed by atoms with E-state index in [1.165, 1.54) is 21.0 Å². The molecule has 0 spiro atoms. The van der Waals surface area contributed by atoms with Gasteiger partial charge in [-0.1, -0.05) is 6.07 Å². The molecule has 5 rings (SSSR count). The van der Waals surface area contributed by atoms with Gasteiger partial charge in [0.05, 0.1) is 12.6 Å². The molecule has 1 atom stereocenters. The number of urea groups is 1. The highest BCUT2D eigenvalue weighted by Crippen LogP contribution is 2.41. The van der Waals surface area contributed by atoms with E-state index in [0.29, 0.717) is 6.54 Å². The second-order valence-electron chi connectivity index (χ2n) is 8.69. The van der Waals surface area contributed by atoms with Crippen molar-refractivity contribution in [2.45, 2.75) is 46.3 Å². The topological polar surface area (TPSA) is 40.5 Å². The molecule has 5 nitrogen and oxygen atoms in total. The van der Waals surface area contributed by atoms with Crippen LogP contribution in [0.25, 0.3) is 5.00 Å². The molecule has 30 heavy (non-hydrogen) atoms. The quantitative estimate of drug-likeness (QED) is 0.584. The van der Waals surface area contributed by atoms with Crippen molar-refractivity contribution in [2.24, 2.45) is 0 Å². The van der Waals surface area contributed by atoms with E-state index in [1.54, 1.807) is 0 Å². The van der Waals surface area contributed by atoms with E-state index in [1.807, 2.05) is 28.4 Å². The maximum atomic E-state index is 13.4. The van der Waals surface area contributed by atoms with E-state index in [-0.39, 0.29) is 12.1 Å². The molecule has 0 fully saturated rings. The Labute approximate surface area is 181 Å². The molecule has 6 heteroatoms. The number of rotatable bonds is 1. The number of carbonyl (C=O) groups is 1.